The number of hydrogen-bond donors (Lipinski definition) is 3. The quantitative estimate of drug-likeness (QED) is 0.328. The van der Waals surface area contributed by atoms with Gasteiger partial charge in [-0.25, -0.2) is 15.4 Å². The molecule has 1 aliphatic heterocycles. The van der Waals surface area contributed by atoms with Gasteiger partial charge in [0, 0.05) is 36.5 Å². The molecule has 2 amide bonds. The molecule has 9 heteroatoms. The standard InChI is InChI=1S/C20H19N5O3S/c26-18(24-28)6-5-13-7-9-25(12-13)19(27)15-11-17(23-20-21-8-10-29-20)22-16-4-2-1-3-14(15)16/h1-4,7-8,10-11,28H,5-6,9,12H2,(H,24,26)(H,21,22,23). The Kier molecular flexibility index (Phi) is 5.50. The molecule has 4 rings (SSSR count). The van der Waals surface area contributed by atoms with Gasteiger partial charge in [-0.3, -0.25) is 14.8 Å². The van der Waals surface area contributed by atoms with Gasteiger partial charge in [0.2, 0.25) is 5.91 Å². The van der Waals surface area contributed by atoms with Crippen LogP contribution in [0.4, 0.5) is 10.9 Å². The van der Waals surface area contributed by atoms with E-state index in [0.29, 0.717) is 36.0 Å². The van der Waals surface area contributed by atoms with Crippen LogP contribution in [0.3, 0.4) is 0 Å². The summed E-state index contributed by atoms with van der Waals surface area (Å²) in [5.41, 5.74) is 3.92. The maximum atomic E-state index is 13.3. The second-order valence-electron chi connectivity index (χ2n) is 6.62. The van der Waals surface area contributed by atoms with Gasteiger partial charge < -0.3 is 10.2 Å². The average molecular weight is 409 g/mol. The van der Waals surface area contributed by atoms with E-state index < -0.39 is 5.91 Å². The van der Waals surface area contributed by atoms with E-state index in [4.69, 9.17) is 5.21 Å². The molecular weight excluding hydrogens is 390 g/mol. The molecule has 2 aromatic heterocycles. The fourth-order valence-electron chi connectivity index (χ4n) is 3.26. The fourth-order valence-corrected chi connectivity index (χ4v) is 3.80. The van der Waals surface area contributed by atoms with Crippen molar-refractivity contribution in [1.82, 2.24) is 20.3 Å². The van der Waals surface area contributed by atoms with E-state index in [1.165, 1.54) is 11.3 Å². The molecule has 0 atom stereocenters. The third-order valence-corrected chi connectivity index (χ3v) is 5.38. The lowest BCUT2D eigenvalue weighted by Gasteiger charge is -2.18. The summed E-state index contributed by atoms with van der Waals surface area (Å²) in [5.74, 6) is 0.0337. The second-order valence-corrected chi connectivity index (χ2v) is 7.51. The lowest BCUT2D eigenvalue weighted by atomic mass is 10.1. The molecule has 0 saturated carbocycles. The number of carbonyl (C=O) groups excluding carboxylic acids is 2. The Morgan fingerprint density at radius 3 is 2.93 bits per heavy atom. The van der Waals surface area contributed by atoms with Crippen molar-refractivity contribution in [3.05, 3.63) is 59.1 Å². The second kappa shape index (κ2) is 8.38. The third-order valence-electron chi connectivity index (χ3n) is 4.69. The van der Waals surface area contributed by atoms with E-state index in [0.717, 1.165) is 16.5 Å². The number of amides is 2. The molecule has 3 aromatic rings. The van der Waals surface area contributed by atoms with Crippen molar-refractivity contribution in [2.24, 2.45) is 0 Å². The molecule has 3 heterocycles. The summed E-state index contributed by atoms with van der Waals surface area (Å²) in [6.07, 6.45) is 4.35. The number of aromatic nitrogens is 2. The number of hydrogen-bond acceptors (Lipinski definition) is 7. The van der Waals surface area contributed by atoms with Crippen LogP contribution in [0.5, 0.6) is 0 Å². The fraction of sp³-hybridized carbons (Fsp3) is 0.200. The Morgan fingerprint density at radius 2 is 2.14 bits per heavy atom. The van der Waals surface area contributed by atoms with Crippen LogP contribution in [0.25, 0.3) is 10.9 Å². The zero-order valence-electron chi connectivity index (χ0n) is 15.5. The average Bonchev–Trinajstić information content (AvgIpc) is 3.43. The van der Waals surface area contributed by atoms with Crippen molar-refractivity contribution in [2.45, 2.75) is 12.8 Å². The molecular formula is C20H19N5O3S. The maximum Gasteiger partial charge on any atom is 0.255 e. The Labute approximate surface area is 170 Å². The molecule has 0 spiro atoms. The molecule has 3 N–H and O–H groups in total. The summed E-state index contributed by atoms with van der Waals surface area (Å²) in [4.78, 5) is 35.0. The Bertz CT molecular complexity index is 1080. The van der Waals surface area contributed by atoms with Crippen LogP contribution in [0, 0.1) is 0 Å². The first-order chi connectivity index (χ1) is 14.1. The van der Waals surface area contributed by atoms with Crippen LogP contribution in [0.15, 0.2) is 53.6 Å². The van der Waals surface area contributed by atoms with Crippen molar-refractivity contribution in [3.8, 4) is 0 Å². The minimum atomic E-state index is -0.436. The summed E-state index contributed by atoms with van der Waals surface area (Å²) in [7, 11) is 0. The smallest absolute Gasteiger partial charge is 0.255 e. The minimum absolute atomic E-state index is 0.0938. The van der Waals surface area contributed by atoms with Gasteiger partial charge in [-0.1, -0.05) is 29.8 Å². The topological polar surface area (TPSA) is 107 Å². The molecule has 0 unspecified atom stereocenters. The van der Waals surface area contributed by atoms with Crippen LogP contribution in [0.1, 0.15) is 23.2 Å². The number of benzene rings is 1. The van der Waals surface area contributed by atoms with Crippen LogP contribution >= 0.6 is 11.3 Å². The molecule has 0 saturated heterocycles. The number of fused-ring (bicyclic) bond motifs is 1. The molecule has 8 nitrogen and oxygen atoms in total. The normalized spacial score (nSPS) is 13.4. The van der Waals surface area contributed by atoms with Crippen molar-refractivity contribution in [3.63, 3.8) is 0 Å². The first-order valence-electron chi connectivity index (χ1n) is 9.10. The Hall–Kier alpha value is -3.30. The molecule has 0 fully saturated rings. The molecule has 1 aromatic carbocycles. The molecule has 0 radical (unpaired) electrons. The summed E-state index contributed by atoms with van der Waals surface area (Å²) in [6.45, 7) is 0.949. The van der Waals surface area contributed by atoms with E-state index in [1.807, 2.05) is 35.7 Å². The highest BCUT2D eigenvalue weighted by Crippen LogP contribution is 2.26. The Balaban J connectivity index is 1.56. The number of hydroxylamine groups is 1. The summed E-state index contributed by atoms with van der Waals surface area (Å²) < 4.78 is 0. The van der Waals surface area contributed by atoms with Gasteiger partial charge in [-0.15, -0.1) is 11.3 Å². The first-order valence-corrected chi connectivity index (χ1v) is 9.98. The van der Waals surface area contributed by atoms with E-state index in [1.54, 1.807) is 22.6 Å². The SMILES string of the molecule is O=C(CCC1=CCN(C(=O)c2cc(Nc3nccs3)nc3ccccc23)C1)NO. The van der Waals surface area contributed by atoms with Crippen molar-refractivity contribution < 1.29 is 14.8 Å². The highest BCUT2D eigenvalue weighted by molar-refractivity contribution is 7.13. The van der Waals surface area contributed by atoms with E-state index in [-0.39, 0.29) is 12.3 Å². The zero-order valence-corrected chi connectivity index (χ0v) is 16.3. The predicted octanol–water partition coefficient (Wildman–Crippen LogP) is 3.10. The number of carbonyl (C=O) groups is 2. The monoisotopic (exact) mass is 409 g/mol. The Morgan fingerprint density at radius 1 is 1.28 bits per heavy atom. The molecule has 148 valence electrons. The van der Waals surface area contributed by atoms with Crippen LogP contribution in [0.2, 0.25) is 0 Å². The van der Waals surface area contributed by atoms with Gasteiger partial charge in [-0.2, -0.15) is 0 Å². The lowest BCUT2D eigenvalue weighted by Crippen LogP contribution is -2.29. The van der Waals surface area contributed by atoms with E-state index in [9.17, 15) is 9.59 Å². The number of pyridine rings is 1. The predicted molar refractivity (Wildman–Crippen MR) is 110 cm³/mol. The minimum Gasteiger partial charge on any atom is -0.331 e. The number of para-hydroxylation sites is 1. The third kappa shape index (κ3) is 4.25. The van der Waals surface area contributed by atoms with Gasteiger partial charge in [0.25, 0.3) is 5.91 Å². The van der Waals surface area contributed by atoms with Crippen LogP contribution in [-0.4, -0.2) is 45.0 Å². The maximum absolute atomic E-state index is 13.3. The van der Waals surface area contributed by atoms with Crippen LogP contribution in [-0.2, 0) is 4.79 Å². The summed E-state index contributed by atoms with van der Waals surface area (Å²) >= 11 is 1.46. The number of rotatable bonds is 6. The van der Waals surface area contributed by atoms with Gasteiger partial charge in [0.1, 0.15) is 5.82 Å². The number of nitrogens with one attached hydrogen (secondary N) is 2. The van der Waals surface area contributed by atoms with Gasteiger partial charge in [0.15, 0.2) is 5.13 Å². The van der Waals surface area contributed by atoms with Gasteiger partial charge in [0.05, 0.1) is 11.1 Å². The molecule has 0 aliphatic carbocycles. The van der Waals surface area contributed by atoms with Gasteiger partial charge in [-0.05, 0) is 18.6 Å². The lowest BCUT2D eigenvalue weighted by molar-refractivity contribution is -0.129. The van der Waals surface area contributed by atoms with E-state index in [2.05, 4.69) is 15.3 Å². The highest BCUT2D eigenvalue weighted by atomic mass is 32.1. The van der Waals surface area contributed by atoms with Crippen molar-refractivity contribution >= 4 is 45.0 Å². The van der Waals surface area contributed by atoms with Crippen LogP contribution < -0.4 is 10.8 Å². The zero-order chi connectivity index (χ0) is 20.2. The van der Waals surface area contributed by atoms with Crippen molar-refractivity contribution in [1.29, 1.82) is 0 Å². The number of nitrogens with zero attached hydrogens (tertiary/aromatic N) is 3. The first kappa shape index (κ1) is 19.0. The highest BCUT2D eigenvalue weighted by Gasteiger charge is 2.23. The number of anilines is 2. The number of thiazole rings is 1. The molecule has 29 heavy (non-hydrogen) atoms. The van der Waals surface area contributed by atoms with E-state index >= 15 is 0 Å². The van der Waals surface area contributed by atoms with Gasteiger partial charge >= 0.3 is 0 Å². The molecule has 0 bridgehead atoms. The summed E-state index contributed by atoms with van der Waals surface area (Å²) in [5, 5.41) is 15.1. The summed E-state index contributed by atoms with van der Waals surface area (Å²) in [6, 6.07) is 9.29. The van der Waals surface area contributed by atoms with Crippen molar-refractivity contribution in [2.75, 3.05) is 18.4 Å². The largest absolute Gasteiger partial charge is 0.331 e. The molecule has 1 aliphatic rings.